The van der Waals surface area contributed by atoms with Gasteiger partial charge < -0.3 is 15.2 Å². The van der Waals surface area contributed by atoms with Crippen molar-refractivity contribution in [2.45, 2.75) is 0 Å². The van der Waals surface area contributed by atoms with Crippen molar-refractivity contribution in [2.24, 2.45) is 0 Å². The maximum Gasteiger partial charge on any atom is 0.146 e. The lowest BCUT2D eigenvalue weighted by Gasteiger charge is -2.10. The Hall–Kier alpha value is -3.05. The molecule has 5 nitrogen and oxygen atoms in total. The van der Waals surface area contributed by atoms with Crippen LogP contribution in [0, 0.1) is 17.1 Å². The van der Waals surface area contributed by atoms with Gasteiger partial charge in [-0.2, -0.15) is 5.26 Å². The first kappa shape index (κ1) is 20.7. The van der Waals surface area contributed by atoms with E-state index in [1.807, 2.05) is 36.4 Å². The molecule has 0 amide bonds. The maximum absolute atomic E-state index is 13.8. The third-order valence-corrected chi connectivity index (χ3v) is 4.97. The highest BCUT2D eigenvalue weighted by Gasteiger charge is 2.17. The van der Waals surface area contributed by atoms with E-state index in [-0.39, 0.29) is 11.1 Å². The quantitative estimate of drug-likeness (QED) is 0.492. The number of ether oxygens (including phenoxy) is 1. The van der Waals surface area contributed by atoms with Crippen LogP contribution >= 0.6 is 11.3 Å². The molecular formula is C22H20FN3O2S. The van der Waals surface area contributed by atoms with Crippen LogP contribution in [0.5, 0.6) is 0 Å². The van der Waals surface area contributed by atoms with Gasteiger partial charge in [0.05, 0.1) is 24.5 Å². The lowest BCUT2D eigenvalue weighted by atomic mass is 10.1. The van der Waals surface area contributed by atoms with Gasteiger partial charge in [-0.25, -0.2) is 9.37 Å². The first-order valence-electron chi connectivity index (χ1n) is 9.08. The van der Waals surface area contributed by atoms with Gasteiger partial charge in [-0.05, 0) is 12.1 Å². The second-order valence-corrected chi connectivity index (χ2v) is 6.94. The molecule has 29 heavy (non-hydrogen) atoms. The number of aliphatic hydroxyl groups excluding tert-OH is 1. The molecule has 0 unspecified atom stereocenters. The molecule has 0 bridgehead atoms. The van der Waals surface area contributed by atoms with E-state index in [4.69, 9.17) is 4.74 Å². The number of rotatable bonds is 3. The third-order valence-electron chi connectivity index (χ3n) is 4.11. The summed E-state index contributed by atoms with van der Waals surface area (Å²) in [7, 11) is 0. The summed E-state index contributed by atoms with van der Waals surface area (Å²) in [4.78, 5) is 4.38. The average Bonchev–Trinajstić information content (AvgIpc) is 3.27. The predicted octanol–water partition coefficient (Wildman–Crippen LogP) is 4.51. The molecule has 1 aliphatic heterocycles. The fourth-order valence-corrected chi connectivity index (χ4v) is 3.46. The van der Waals surface area contributed by atoms with Crippen molar-refractivity contribution >= 4 is 22.7 Å². The zero-order valence-electron chi connectivity index (χ0n) is 15.6. The van der Waals surface area contributed by atoms with Crippen LogP contribution in [0.15, 0.2) is 60.0 Å². The zero-order chi connectivity index (χ0) is 20.5. The fraction of sp³-hybridized carbons (Fsp3) is 0.182. The van der Waals surface area contributed by atoms with E-state index < -0.39 is 11.6 Å². The summed E-state index contributed by atoms with van der Waals surface area (Å²) < 4.78 is 18.8. The van der Waals surface area contributed by atoms with Crippen LogP contribution in [0.25, 0.3) is 22.6 Å². The molecule has 0 aliphatic carbocycles. The van der Waals surface area contributed by atoms with E-state index in [9.17, 15) is 14.8 Å². The SMILES string of the molecule is C1COCCN1.N#CC(=C(O)c1ccccc1F)c1nc(-c2ccccc2)cs1. The number of aromatic nitrogens is 1. The van der Waals surface area contributed by atoms with Crippen LogP contribution < -0.4 is 5.32 Å². The zero-order valence-corrected chi connectivity index (χ0v) is 16.5. The summed E-state index contributed by atoms with van der Waals surface area (Å²) in [5.41, 5.74) is 1.57. The molecule has 0 radical (unpaired) electrons. The van der Waals surface area contributed by atoms with Crippen LogP contribution in [0.3, 0.4) is 0 Å². The first-order chi connectivity index (χ1) is 14.2. The van der Waals surface area contributed by atoms with Crippen LogP contribution in [0.1, 0.15) is 10.6 Å². The number of morpholine rings is 1. The van der Waals surface area contributed by atoms with Crippen molar-refractivity contribution < 1.29 is 14.2 Å². The number of thiazole rings is 1. The first-order valence-corrected chi connectivity index (χ1v) is 9.96. The number of allylic oxidation sites excluding steroid dienone is 1. The van der Waals surface area contributed by atoms with Gasteiger partial charge in [-0.15, -0.1) is 11.3 Å². The molecule has 2 N–H and O–H groups in total. The molecule has 0 atom stereocenters. The molecule has 7 heteroatoms. The van der Waals surface area contributed by atoms with Crippen molar-refractivity contribution in [3.05, 3.63) is 76.4 Å². The standard InChI is InChI=1S/C18H11FN2OS.C4H9NO/c19-15-9-5-4-8-13(15)17(22)14(10-20)18-21-16(11-23-18)12-6-2-1-3-7-12;1-3-6-4-2-5-1/h1-9,11,22H;5H,1-4H2. The lowest BCUT2D eigenvalue weighted by Crippen LogP contribution is -2.30. The van der Waals surface area contributed by atoms with Crippen molar-refractivity contribution in [3.8, 4) is 17.3 Å². The number of nitrogens with zero attached hydrogens (tertiary/aromatic N) is 2. The Bertz CT molecular complexity index is 997. The Kier molecular flexibility index (Phi) is 7.47. The van der Waals surface area contributed by atoms with E-state index in [1.165, 1.54) is 29.5 Å². The van der Waals surface area contributed by atoms with E-state index >= 15 is 0 Å². The van der Waals surface area contributed by atoms with E-state index in [2.05, 4.69) is 10.3 Å². The number of hydrogen-bond donors (Lipinski definition) is 2. The molecule has 1 aromatic heterocycles. The molecule has 0 spiro atoms. The molecule has 0 saturated carbocycles. The largest absolute Gasteiger partial charge is 0.506 e. The van der Waals surface area contributed by atoms with Crippen molar-refractivity contribution in [3.63, 3.8) is 0 Å². The van der Waals surface area contributed by atoms with Crippen molar-refractivity contribution in [1.29, 1.82) is 5.26 Å². The molecule has 2 heterocycles. The van der Waals surface area contributed by atoms with Crippen LogP contribution in [0.2, 0.25) is 0 Å². The van der Waals surface area contributed by atoms with Gasteiger partial charge in [0.1, 0.15) is 28.2 Å². The topological polar surface area (TPSA) is 78.2 Å². The van der Waals surface area contributed by atoms with Crippen LogP contribution in [-0.4, -0.2) is 36.4 Å². The number of nitriles is 1. The Morgan fingerprint density at radius 2 is 1.79 bits per heavy atom. The Balaban J connectivity index is 0.000000343. The van der Waals surface area contributed by atoms with E-state index in [0.29, 0.717) is 10.7 Å². The van der Waals surface area contributed by atoms with Gasteiger partial charge in [-0.1, -0.05) is 42.5 Å². The smallest absolute Gasteiger partial charge is 0.146 e. The minimum atomic E-state index is -0.586. The summed E-state index contributed by atoms with van der Waals surface area (Å²) in [6.07, 6.45) is 0. The summed E-state index contributed by atoms with van der Waals surface area (Å²) >= 11 is 1.23. The summed E-state index contributed by atoms with van der Waals surface area (Å²) in [5.74, 6) is -0.989. The molecule has 3 aromatic rings. The van der Waals surface area contributed by atoms with Gasteiger partial charge in [0, 0.05) is 24.0 Å². The highest BCUT2D eigenvalue weighted by Crippen LogP contribution is 2.30. The highest BCUT2D eigenvalue weighted by atomic mass is 32.1. The normalized spacial score (nSPS) is 14.2. The van der Waals surface area contributed by atoms with Gasteiger partial charge in [-0.3, -0.25) is 0 Å². The molecular weight excluding hydrogens is 389 g/mol. The molecule has 2 aromatic carbocycles. The fourth-order valence-electron chi connectivity index (χ4n) is 2.64. The molecule has 1 saturated heterocycles. The van der Waals surface area contributed by atoms with Gasteiger partial charge in [0.25, 0.3) is 0 Å². The number of halogens is 1. The Labute approximate surface area is 172 Å². The third kappa shape index (κ3) is 5.48. The molecule has 4 rings (SSSR count). The number of hydrogen-bond acceptors (Lipinski definition) is 6. The van der Waals surface area contributed by atoms with Crippen LogP contribution in [-0.2, 0) is 4.74 Å². The maximum atomic E-state index is 13.8. The van der Waals surface area contributed by atoms with Crippen molar-refractivity contribution in [2.75, 3.05) is 26.3 Å². The summed E-state index contributed by atoms with van der Waals surface area (Å²) in [6.45, 7) is 3.83. The lowest BCUT2D eigenvalue weighted by molar-refractivity contribution is 0.109. The predicted molar refractivity (Wildman–Crippen MR) is 113 cm³/mol. The summed E-state index contributed by atoms with van der Waals surface area (Å²) in [6, 6.07) is 17.2. The minimum Gasteiger partial charge on any atom is -0.506 e. The van der Waals surface area contributed by atoms with Crippen molar-refractivity contribution in [1.82, 2.24) is 10.3 Å². The highest BCUT2D eigenvalue weighted by molar-refractivity contribution is 7.11. The molecule has 148 valence electrons. The van der Waals surface area contributed by atoms with Gasteiger partial charge in [0.15, 0.2) is 0 Å². The molecule has 1 fully saturated rings. The monoisotopic (exact) mass is 409 g/mol. The Morgan fingerprint density at radius 1 is 1.10 bits per heavy atom. The number of benzene rings is 2. The summed E-state index contributed by atoms with van der Waals surface area (Å²) in [5, 5.41) is 25.0. The minimum absolute atomic E-state index is 0.0134. The average molecular weight is 409 g/mol. The van der Waals surface area contributed by atoms with Gasteiger partial charge >= 0.3 is 0 Å². The number of nitrogens with one attached hydrogen (secondary N) is 1. The number of aliphatic hydroxyl groups is 1. The Morgan fingerprint density at radius 3 is 2.38 bits per heavy atom. The van der Waals surface area contributed by atoms with E-state index in [1.54, 1.807) is 11.4 Å². The second kappa shape index (κ2) is 10.5. The second-order valence-electron chi connectivity index (χ2n) is 6.08. The van der Waals surface area contributed by atoms with Crippen LogP contribution in [0.4, 0.5) is 4.39 Å². The molecule has 1 aliphatic rings. The van der Waals surface area contributed by atoms with Gasteiger partial charge in [0.2, 0.25) is 0 Å². The van der Waals surface area contributed by atoms with E-state index in [0.717, 1.165) is 31.9 Å².